The number of nitrogens with zero attached hydrogens (tertiary/aromatic N) is 1. The van der Waals surface area contributed by atoms with Crippen LogP contribution in [0.25, 0.3) is 0 Å². The number of rotatable bonds is 2. The van der Waals surface area contributed by atoms with Gasteiger partial charge in [0.25, 0.3) is 0 Å². The van der Waals surface area contributed by atoms with E-state index >= 15 is 0 Å². The van der Waals surface area contributed by atoms with Crippen molar-refractivity contribution >= 4 is 22.5 Å². The van der Waals surface area contributed by atoms with Gasteiger partial charge in [-0.05, 0) is 37.7 Å². The lowest BCUT2D eigenvalue weighted by Crippen LogP contribution is -1.86. The summed E-state index contributed by atoms with van der Waals surface area (Å²) in [6, 6.07) is 6.29. The SMILES string of the molecule is CCSC(C)=Nc1c(C)cccc1C. The molecule has 0 fully saturated rings. The first-order valence-electron chi connectivity index (χ1n) is 4.89. The zero-order valence-corrected chi connectivity index (χ0v) is 10.1. The van der Waals surface area contributed by atoms with E-state index in [9.17, 15) is 0 Å². The van der Waals surface area contributed by atoms with E-state index in [1.807, 2.05) is 0 Å². The number of para-hydroxylation sites is 1. The molecule has 76 valence electrons. The summed E-state index contributed by atoms with van der Waals surface area (Å²) in [5.74, 6) is 1.08. The molecular weight excluding hydrogens is 190 g/mol. The molecular formula is C12H17NS. The zero-order chi connectivity index (χ0) is 10.6. The Morgan fingerprint density at radius 3 is 2.36 bits per heavy atom. The van der Waals surface area contributed by atoms with Crippen LogP contribution in [0.3, 0.4) is 0 Å². The molecule has 1 rings (SSSR count). The second kappa shape index (κ2) is 5.20. The van der Waals surface area contributed by atoms with Crippen molar-refractivity contribution in [1.82, 2.24) is 0 Å². The van der Waals surface area contributed by atoms with Crippen LogP contribution in [0.1, 0.15) is 25.0 Å². The Morgan fingerprint density at radius 1 is 1.29 bits per heavy atom. The fourth-order valence-corrected chi connectivity index (χ4v) is 1.95. The number of aryl methyl sites for hydroxylation is 2. The normalized spacial score (nSPS) is 11.9. The van der Waals surface area contributed by atoms with E-state index in [-0.39, 0.29) is 0 Å². The lowest BCUT2D eigenvalue weighted by molar-refractivity contribution is 1.33. The number of hydrogen-bond donors (Lipinski definition) is 0. The Balaban J connectivity index is 3.01. The summed E-state index contributed by atoms with van der Waals surface area (Å²) < 4.78 is 0. The van der Waals surface area contributed by atoms with E-state index in [0.29, 0.717) is 0 Å². The highest BCUT2D eigenvalue weighted by Gasteiger charge is 2.00. The molecule has 0 amide bonds. The third-order valence-electron chi connectivity index (χ3n) is 2.06. The predicted octanol–water partition coefficient (Wildman–Crippen LogP) is 4.11. The molecule has 0 spiro atoms. The van der Waals surface area contributed by atoms with Crippen molar-refractivity contribution < 1.29 is 0 Å². The third-order valence-corrected chi connectivity index (χ3v) is 2.86. The number of aliphatic imine (C=N–C) groups is 1. The van der Waals surface area contributed by atoms with Crippen LogP contribution >= 0.6 is 11.8 Å². The van der Waals surface area contributed by atoms with Crippen molar-refractivity contribution in [3.05, 3.63) is 29.3 Å². The lowest BCUT2D eigenvalue weighted by atomic mass is 10.1. The molecule has 0 saturated heterocycles. The van der Waals surface area contributed by atoms with Gasteiger partial charge in [0.1, 0.15) is 0 Å². The quantitative estimate of drug-likeness (QED) is 0.525. The van der Waals surface area contributed by atoms with Crippen LogP contribution in [0.4, 0.5) is 5.69 Å². The summed E-state index contributed by atoms with van der Waals surface area (Å²) in [4.78, 5) is 4.63. The minimum absolute atomic E-state index is 1.08. The number of thioether (sulfide) groups is 1. The molecule has 0 unspecified atom stereocenters. The van der Waals surface area contributed by atoms with E-state index in [4.69, 9.17) is 0 Å². The number of hydrogen-bond acceptors (Lipinski definition) is 2. The number of benzene rings is 1. The van der Waals surface area contributed by atoms with Gasteiger partial charge in [0.2, 0.25) is 0 Å². The summed E-state index contributed by atoms with van der Waals surface area (Å²) in [7, 11) is 0. The van der Waals surface area contributed by atoms with E-state index < -0.39 is 0 Å². The Hall–Kier alpha value is -0.760. The van der Waals surface area contributed by atoms with Crippen LogP contribution in [-0.2, 0) is 0 Å². The van der Waals surface area contributed by atoms with Gasteiger partial charge in [-0.2, -0.15) is 0 Å². The van der Waals surface area contributed by atoms with Crippen LogP contribution < -0.4 is 0 Å². The van der Waals surface area contributed by atoms with Crippen LogP contribution in [0, 0.1) is 13.8 Å². The van der Waals surface area contributed by atoms with Gasteiger partial charge >= 0.3 is 0 Å². The van der Waals surface area contributed by atoms with Gasteiger partial charge in [0, 0.05) is 0 Å². The molecule has 1 nitrogen and oxygen atoms in total. The maximum Gasteiger partial charge on any atom is 0.0707 e. The molecule has 2 heteroatoms. The average molecular weight is 207 g/mol. The van der Waals surface area contributed by atoms with Crippen LogP contribution in [-0.4, -0.2) is 10.8 Å². The first-order valence-corrected chi connectivity index (χ1v) is 5.88. The first-order chi connectivity index (χ1) is 6.65. The minimum atomic E-state index is 1.08. The monoisotopic (exact) mass is 207 g/mol. The molecule has 0 saturated carbocycles. The molecule has 0 bridgehead atoms. The highest BCUT2D eigenvalue weighted by atomic mass is 32.2. The molecule has 0 aliphatic carbocycles. The summed E-state index contributed by atoms with van der Waals surface area (Å²) in [5.41, 5.74) is 3.63. The zero-order valence-electron chi connectivity index (χ0n) is 9.29. The molecule has 0 radical (unpaired) electrons. The van der Waals surface area contributed by atoms with Gasteiger partial charge in [-0.15, -0.1) is 11.8 Å². The molecule has 1 aromatic rings. The van der Waals surface area contributed by atoms with E-state index in [1.165, 1.54) is 11.1 Å². The Kier molecular flexibility index (Phi) is 4.21. The van der Waals surface area contributed by atoms with Crippen molar-refractivity contribution in [2.24, 2.45) is 4.99 Å². The van der Waals surface area contributed by atoms with Gasteiger partial charge in [-0.25, -0.2) is 4.99 Å². The first kappa shape index (κ1) is 11.3. The largest absolute Gasteiger partial charge is 0.246 e. The highest BCUT2D eigenvalue weighted by molar-refractivity contribution is 8.13. The van der Waals surface area contributed by atoms with E-state index in [2.05, 4.69) is 50.9 Å². The molecule has 0 atom stereocenters. The minimum Gasteiger partial charge on any atom is -0.246 e. The maximum absolute atomic E-state index is 4.63. The predicted molar refractivity (Wildman–Crippen MR) is 66.8 cm³/mol. The molecule has 0 aliphatic rings. The van der Waals surface area contributed by atoms with Crippen molar-refractivity contribution in [2.45, 2.75) is 27.7 Å². The summed E-state index contributed by atoms with van der Waals surface area (Å²) >= 11 is 1.79. The van der Waals surface area contributed by atoms with Crippen LogP contribution in [0.2, 0.25) is 0 Å². The lowest BCUT2D eigenvalue weighted by Gasteiger charge is -2.05. The van der Waals surface area contributed by atoms with Crippen molar-refractivity contribution in [3.8, 4) is 0 Å². The summed E-state index contributed by atoms with van der Waals surface area (Å²) in [5, 5.41) is 1.14. The van der Waals surface area contributed by atoms with Gasteiger partial charge in [0.05, 0.1) is 10.7 Å². The van der Waals surface area contributed by atoms with Gasteiger partial charge in [-0.3, -0.25) is 0 Å². The Bertz CT molecular complexity index is 322. The topological polar surface area (TPSA) is 12.4 Å². The van der Waals surface area contributed by atoms with E-state index in [1.54, 1.807) is 11.8 Å². The molecule has 1 aromatic carbocycles. The molecule has 0 aromatic heterocycles. The van der Waals surface area contributed by atoms with Gasteiger partial charge in [-0.1, -0.05) is 25.1 Å². The maximum atomic E-state index is 4.63. The molecule has 0 aliphatic heterocycles. The average Bonchev–Trinajstić information content (AvgIpc) is 2.12. The molecule has 0 N–H and O–H groups in total. The smallest absolute Gasteiger partial charge is 0.0707 e. The summed E-state index contributed by atoms with van der Waals surface area (Å²) in [6.45, 7) is 8.43. The Morgan fingerprint density at radius 2 is 1.86 bits per heavy atom. The fraction of sp³-hybridized carbons (Fsp3) is 0.417. The second-order valence-corrected chi connectivity index (χ2v) is 4.76. The third kappa shape index (κ3) is 2.88. The molecule has 0 heterocycles. The molecule has 14 heavy (non-hydrogen) atoms. The van der Waals surface area contributed by atoms with Gasteiger partial charge in [0.15, 0.2) is 0 Å². The van der Waals surface area contributed by atoms with Crippen LogP contribution in [0.5, 0.6) is 0 Å². The highest BCUT2D eigenvalue weighted by Crippen LogP contribution is 2.24. The van der Waals surface area contributed by atoms with Crippen molar-refractivity contribution in [1.29, 1.82) is 0 Å². The Labute approximate surface area is 90.6 Å². The van der Waals surface area contributed by atoms with Crippen molar-refractivity contribution in [3.63, 3.8) is 0 Å². The fourth-order valence-electron chi connectivity index (χ4n) is 1.38. The standard InChI is InChI=1S/C12H17NS/c1-5-14-11(4)13-12-9(2)7-6-8-10(12)3/h6-8H,5H2,1-4H3. The van der Waals surface area contributed by atoms with Gasteiger partial charge < -0.3 is 0 Å². The van der Waals surface area contributed by atoms with Crippen LogP contribution in [0.15, 0.2) is 23.2 Å². The summed E-state index contributed by atoms with van der Waals surface area (Å²) in [6.07, 6.45) is 0. The van der Waals surface area contributed by atoms with E-state index in [0.717, 1.165) is 16.5 Å². The van der Waals surface area contributed by atoms with Crippen molar-refractivity contribution in [2.75, 3.05) is 5.75 Å². The second-order valence-electron chi connectivity index (χ2n) is 3.30.